The number of hydrogen-bond acceptors (Lipinski definition) is 5. The molecule has 1 amide bonds. The maximum atomic E-state index is 12.9. The Morgan fingerprint density at radius 3 is 2.52 bits per heavy atom. The molecular weight excluding hydrogens is 336 g/mol. The van der Waals surface area contributed by atoms with E-state index in [4.69, 9.17) is 4.74 Å². The first-order valence-corrected chi connectivity index (χ1v) is 9.38. The van der Waals surface area contributed by atoms with Gasteiger partial charge in [0.15, 0.2) is 5.17 Å². The fourth-order valence-electron chi connectivity index (χ4n) is 3.12. The summed E-state index contributed by atoms with van der Waals surface area (Å²) in [6.45, 7) is 7.86. The van der Waals surface area contributed by atoms with Gasteiger partial charge in [-0.25, -0.2) is 9.79 Å². The van der Waals surface area contributed by atoms with Crippen molar-refractivity contribution in [1.82, 2.24) is 4.90 Å². The zero-order chi connectivity index (χ0) is 18.1. The Kier molecular flexibility index (Phi) is 4.99. The molecule has 0 radical (unpaired) electrons. The van der Waals surface area contributed by atoms with E-state index in [-0.39, 0.29) is 17.8 Å². The number of amides is 1. The minimum atomic E-state index is -0.483. The number of aryl methyl sites for hydroxylation is 1. The Hall–Kier alpha value is -2.08. The standard InChI is InChI=1S/C19H22N2O3S/c1-5-14-17(22)21-16(13-9-7-11(3)8-10-13)15(18(23)24-6-2)12(4)20-19(21)25-14/h7-10,14,16H,5-6H2,1-4H3/t14-,16-/m0/s1. The minimum Gasteiger partial charge on any atom is -0.463 e. The summed E-state index contributed by atoms with van der Waals surface area (Å²) in [5.41, 5.74) is 3.08. The molecule has 3 rings (SSSR count). The van der Waals surface area contributed by atoms with Crippen LogP contribution in [-0.2, 0) is 14.3 Å². The minimum absolute atomic E-state index is 0.00567. The molecule has 132 valence electrons. The van der Waals surface area contributed by atoms with Gasteiger partial charge < -0.3 is 4.74 Å². The quantitative estimate of drug-likeness (QED) is 0.772. The van der Waals surface area contributed by atoms with Gasteiger partial charge in [0, 0.05) is 0 Å². The number of carbonyl (C=O) groups is 2. The number of hydrogen-bond donors (Lipinski definition) is 0. The monoisotopic (exact) mass is 358 g/mol. The molecule has 1 aromatic rings. The predicted octanol–water partition coefficient (Wildman–Crippen LogP) is 3.60. The summed E-state index contributed by atoms with van der Waals surface area (Å²) < 4.78 is 5.25. The fraction of sp³-hybridized carbons (Fsp3) is 0.421. The lowest BCUT2D eigenvalue weighted by Gasteiger charge is -2.33. The summed E-state index contributed by atoms with van der Waals surface area (Å²) >= 11 is 1.48. The number of allylic oxidation sites excluding steroid dienone is 1. The van der Waals surface area contributed by atoms with Gasteiger partial charge in [-0.3, -0.25) is 9.69 Å². The van der Waals surface area contributed by atoms with Crippen LogP contribution in [0.2, 0.25) is 0 Å². The summed E-state index contributed by atoms with van der Waals surface area (Å²) in [7, 11) is 0. The van der Waals surface area contributed by atoms with E-state index < -0.39 is 12.0 Å². The maximum absolute atomic E-state index is 12.9. The second-order valence-corrected chi connectivity index (χ2v) is 7.32. The lowest BCUT2D eigenvalue weighted by molar-refractivity contribution is -0.139. The molecular formula is C19H22N2O3S. The molecule has 2 heterocycles. The van der Waals surface area contributed by atoms with Gasteiger partial charge >= 0.3 is 5.97 Å². The lowest BCUT2D eigenvalue weighted by Crippen LogP contribution is -2.40. The molecule has 0 saturated carbocycles. The van der Waals surface area contributed by atoms with Gasteiger partial charge in [0.05, 0.1) is 29.2 Å². The van der Waals surface area contributed by atoms with E-state index in [1.54, 1.807) is 11.8 Å². The zero-order valence-corrected chi connectivity index (χ0v) is 15.7. The average Bonchev–Trinajstić information content (AvgIpc) is 2.90. The summed E-state index contributed by atoms with van der Waals surface area (Å²) in [6, 6.07) is 7.43. The van der Waals surface area contributed by atoms with Gasteiger partial charge in [-0.15, -0.1) is 0 Å². The molecule has 0 unspecified atom stereocenters. The van der Waals surface area contributed by atoms with Crippen LogP contribution in [0.15, 0.2) is 40.5 Å². The number of thioether (sulfide) groups is 1. The topological polar surface area (TPSA) is 59.0 Å². The zero-order valence-electron chi connectivity index (χ0n) is 14.9. The molecule has 2 atom stereocenters. The van der Waals surface area contributed by atoms with Crippen molar-refractivity contribution < 1.29 is 14.3 Å². The molecule has 0 aliphatic carbocycles. The van der Waals surface area contributed by atoms with Gasteiger partial charge in [0.25, 0.3) is 0 Å². The highest BCUT2D eigenvalue weighted by molar-refractivity contribution is 8.15. The molecule has 2 aliphatic heterocycles. The summed E-state index contributed by atoms with van der Waals surface area (Å²) in [4.78, 5) is 31.7. The Morgan fingerprint density at radius 1 is 1.24 bits per heavy atom. The smallest absolute Gasteiger partial charge is 0.338 e. The van der Waals surface area contributed by atoms with E-state index in [0.717, 1.165) is 17.5 Å². The van der Waals surface area contributed by atoms with Gasteiger partial charge in [-0.1, -0.05) is 48.5 Å². The number of amidine groups is 1. The van der Waals surface area contributed by atoms with Crippen molar-refractivity contribution in [3.8, 4) is 0 Å². The first-order chi connectivity index (χ1) is 12.0. The van der Waals surface area contributed by atoms with Crippen LogP contribution in [0.5, 0.6) is 0 Å². The number of esters is 1. The number of carbonyl (C=O) groups excluding carboxylic acids is 2. The van der Waals surface area contributed by atoms with E-state index in [1.807, 2.05) is 45.0 Å². The second-order valence-electron chi connectivity index (χ2n) is 6.15. The molecule has 5 nitrogen and oxygen atoms in total. The normalized spacial score (nSPS) is 22.8. The van der Waals surface area contributed by atoms with Gasteiger partial charge in [0.1, 0.15) is 0 Å². The summed E-state index contributed by atoms with van der Waals surface area (Å²) in [5, 5.41) is 0.522. The van der Waals surface area contributed by atoms with Crippen LogP contribution in [0.1, 0.15) is 44.4 Å². The van der Waals surface area contributed by atoms with Crippen LogP contribution in [0, 0.1) is 6.92 Å². The van der Waals surface area contributed by atoms with Crippen molar-refractivity contribution in [2.24, 2.45) is 4.99 Å². The highest BCUT2D eigenvalue weighted by Gasteiger charge is 2.47. The molecule has 0 spiro atoms. The highest BCUT2D eigenvalue weighted by atomic mass is 32.2. The number of rotatable bonds is 4. The molecule has 1 fully saturated rings. The average molecular weight is 358 g/mol. The van der Waals surface area contributed by atoms with Crippen LogP contribution in [-0.4, -0.2) is 33.8 Å². The van der Waals surface area contributed by atoms with Crippen molar-refractivity contribution in [1.29, 1.82) is 0 Å². The van der Waals surface area contributed by atoms with E-state index >= 15 is 0 Å². The maximum Gasteiger partial charge on any atom is 0.338 e. The molecule has 0 bridgehead atoms. The predicted molar refractivity (Wildman–Crippen MR) is 99.2 cm³/mol. The van der Waals surface area contributed by atoms with Crippen LogP contribution >= 0.6 is 11.8 Å². The molecule has 25 heavy (non-hydrogen) atoms. The van der Waals surface area contributed by atoms with Crippen LogP contribution in [0.3, 0.4) is 0 Å². The molecule has 0 aromatic heterocycles. The van der Waals surface area contributed by atoms with Gasteiger partial charge in [0.2, 0.25) is 5.91 Å². The first kappa shape index (κ1) is 17.7. The fourth-order valence-corrected chi connectivity index (χ4v) is 4.26. The van der Waals surface area contributed by atoms with Crippen LogP contribution < -0.4 is 0 Å². The SMILES string of the molecule is CCOC(=O)C1=C(C)N=C2S[C@@H](CC)C(=O)N2[C@H]1c1ccc(C)cc1. The van der Waals surface area contributed by atoms with Crippen molar-refractivity contribution in [2.45, 2.75) is 45.4 Å². The van der Waals surface area contributed by atoms with Crippen molar-refractivity contribution in [3.05, 3.63) is 46.7 Å². The largest absolute Gasteiger partial charge is 0.463 e. The number of nitrogens with zero attached hydrogens (tertiary/aromatic N) is 2. The number of ether oxygens (including phenoxy) is 1. The third-order valence-electron chi connectivity index (χ3n) is 4.41. The van der Waals surface area contributed by atoms with E-state index in [9.17, 15) is 9.59 Å². The number of aliphatic imine (C=N–C) groups is 1. The summed E-state index contributed by atoms with van der Waals surface area (Å²) in [5.74, 6) is -0.405. The van der Waals surface area contributed by atoms with Crippen LogP contribution in [0.4, 0.5) is 0 Å². The van der Waals surface area contributed by atoms with Crippen LogP contribution in [0.25, 0.3) is 0 Å². The second kappa shape index (κ2) is 7.04. The van der Waals surface area contributed by atoms with Gasteiger partial charge in [-0.2, -0.15) is 0 Å². The number of benzene rings is 1. The molecule has 1 saturated heterocycles. The Bertz CT molecular complexity index is 767. The molecule has 0 N–H and O–H groups in total. The molecule has 1 aromatic carbocycles. The Balaban J connectivity index is 2.13. The van der Waals surface area contributed by atoms with Crippen molar-refractivity contribution in [3.63, 3.8) is 0 Å². The Labute approximate surface area is 152 Å². The highest BCUT2D eigenvalue weighted by Crippen LogP contribution is 2.43. The van der Waals surface area contributed by atoms with Crippen molar-refractivity contribution >= 4 is 28.8 Å². The van der Waals surface area contributed by atoms with Crippen molar-refractivity contribution in [2.75, 3.05) is 6.61 Å². The van der Waals surface area contributed by atoms with E-state index in [1.165, 1.54) is 11.8 Å². The Morgan fingerprint density at radius 2 is 1.92 bits per heavy atom. The number of fused-ring (bicyclic) bond motifs is 1. The summed E-state index contributed by atoms with van der Waals surface area (Å²) in [6.07, 6.45) is 0.730. The molecule has 2 aliphatic rings. The lowest BCUT2D eigenvalue weighted by atomic mass is 9.93. The third kappa shape index (κ3) is 3.11. The van der Waals surface area contributed by atoms with E-state index in [0.29, 0.717) is 16.4 Å². The molecule has 6 heteroatoms. The van der Waals surface area contributed by atoms with Gasteiger partial charge in [-0.05, 0) is 32.8 Å². The third-order valence-corrected chi connectivity index (χ3v) is 5.73. The first-order valence-electron chi connectivity index (χ1n) is 8.50. The van der Waals surface area contributed by atoms with E-state index in [2.05, 4.69) is 4.99 Å².